The van der Waals surface area contributed by atoms with Crippen molar-refractivity contribution in [3.05, 3.63) is 53.2 Å². The third-order valence-corrected chi connectivity index (χ3v) is 5.76. The van der Waals surface area contributed by atoms with Crippen molar-refractivity contribution in [1.29, 1.82) is 0 Å². The van der Waals surface area contributed by atoms with Gasteiger partial charge in [0.15, 0.2) is 0 Å². The second-order valence-corrected chi connectivity index (χ2v) is 7.64. The van der Waals surface area contributed by atoms with Crippen LogP contribution in [0.4, 0.5) is 11.5 Å². The van der Waals surface area contributed by atoms with E-state index in [4.69, 9.17) is 0 Å². The Morgan fingerprint density at radius 1 is 1.39 bits per heavy atom. The van der Waals surface area contributed by atoms with Gasteiger partial charge in [0, 0.05) is 35.8 Å². The molecule has 0 unspecified atom stereocenters. The maximum Gasteiger partial charge on any atom is 0.246 e. The van der Waals surface area contributed by atoms with Gasteiger partial charge in [-0.15, -0.1) is 11.3 Å². The van der Waals surface area contributed by atoms with Crippen LogP contribution < -0.4 is 10.6 Å². The highest BCUT2D eigenvalue weighted by Crippen LogP contribution is 2.38. The SMILES string of the molecule is CNC/C=C/C(=O)N1CCc2c(sc3ncnc(Nc4cccc(O)c4)c23)C1. The number of rotatable bonds is 5. The van der Waals surface area contributed by atoms with Crippen LogP contribution in [0, 0.1) is 0 Å². The zero-order chi connectivity index (χ0) is 19.5. The third-order valence-electron chi connectivity index (χ3n) is 4.64. The molecule has 3 heterocycles. The predicted molar refractivity (Wildman–Crippen MR) is 111 cm³/mol. The maximum absolute atomic E-state index is 12.4. The number of benzene rings is 1. The molecule has 0 saturated carbocycles. The van der Waals surface area contributed by atoms with E-state index in [2.05, 4.69) is 20.6 Å². The summed E-state index contributed by atoms with van der Waals surface area (Å²) in [4.78, 5) is 25.2. The van der Waals surface area contributed by atoms with Crippen LogP contribution in [0.3, 0.4) is 0 Å². The summed E-state index contributed by atoms with van der Waals surface area (Å²) >= 11 is 1.61. The summed E-state index contributed by atoms with van der Waals surface area (Å²) < 4.78 is 0. The molecule has 8 heteroatoms. The van der Waals surface area contributed by atoms with Gasteiger partial charge in [0.25, 0.3) is 0 Å². The minimum atomic E-state index is 0.0301. The fourth-order valence-corrected chi connectivity index (χ4v) is 4.52. The number of aromatic nitrogens is 2. The van der Waals surface area contributed by atoms with E-state index in [0.717, 1.165) is 33.0 Å². The summed E-state index contributed by atoms with van der Waals surface area (Å²) in [5.41, 5.74) is 1.97. The van der Waals surface area contributed by atoms with Crippen LogP contribution in [0.2, 0.25) is 0 Å². The number of aromatic hydroxyl groups is 1. The molecule has 1 aromatic carbocycles. The molecule has 4 rings (SSSR count). The van der Waals surface area contributed by atoms with Crippen LogP contribution in [0.15, 0.2) is 42.7 Å². The zero-order valence-electron chi connectivity index (χ0n) is 15.5. The Labute approximate surface area is 166 Å². The Morgan fingerprint density at radius 2 is 2.29 bits per heavy atom. The topological polar surface area (TPSA) is 90.4 Å². The number of amides is 1. The average Bonchev–Trinajstić information content (AvgIpc) is 3.07. The van der Waals surface area contributed by atoms with Crippen molar-refractivity contribution in [3.63, 3.8) is 0 Å². The summed E-state index contributed by atoms with van der Waals surface area (Å²) in [6, 6.07) is 6.95. The molecule has 3 N–H and O–H groups in total. The molecular weight excluding hydrogens is 374 g/mol. The number of carbonyl (C=O) groups excluding carboxylic acids is 1. The highest BCUT2D eigenvalue weighted by molar-refractivity contribution is 7.19. The number of likely N-dealkylation sites (N-methyl/N-ethyl adjacent to an activating group) is 1. The van der Waals surface area contributed by atoms with E-state index < -0.39 is 0 Å². The average molecular weight is 395 g/mol. The first-order chi connectivity index (χ1) is 13.7. The molecule has 1 aliphatic rings. The standard InChI is InChI=1S/C20H21N5O2S/c1-21-8-3-6-17(27)25-9-7-15-16(11-25)28-20-18(15)19(22-12-23-20)24-13-4-2-5-14(26)10-13/h2-6,10,12,21,26H,7-9,11H2,1H3,(H,22,23,24)/b6-3+. The van der Waals surface area contributed by atoms with Gasteiger partial charge in [-0.2, -0.15) is 0 Å². The Bertz CT molecular complexity index is 1050. The van der Waals surface area contributed by atoms with Crippen LogP contribution in [0.1, 0.15) is 10.4 Å². The van der Waals surface area contributed by atoms with E-state index in [-0.39, 0.29) is 11.7 Å². The Hall–Kier alpha value is -2.97. The Morgan fingerprint density at radius 3 is 3.11 bits per heavy atom. The number of hydrogen-bond acceptors (Lipinski definition) is 7. The smallest absolute Gasteiger partial charge is 0.246 e. The minimum absolute atomic E-state index is 0.0301. The molecule has 0 atom stereocenters. The van der Waals surface area contributed by atoms with Crippen molar-refractivity contribution < 1.29 is 9.90 Å². The molecule has 144 valence electrons. The Kier molecular flexibility index (Phi) is 5.23. The van der Waals surface area contributed by atoms with E-state index in [9.17, 15) is 9.90 Å². The molecular formula is C20H21N5O2S. The first kappa shape index (κ1) is 18.4. The van der Waals surface area contributed by atoms with E-state index in [1.165, 1.54) is 5.56 Å². The lowest BCUT2D eigenvalue weighted by Crippen LogP contribution is -2.34. The number of hydrogen-bond donors (Lipinski definition) is 3. The van der Waals surface area contributed by atoms with Gasteiger partial charge in [0.2, 0.25) is 5.91 Å². The summed E-state index contributed by atoms with van der Waals surface area (Å²) in [5.74, 6) is 0.951. The molecule has 2 aromatic heterocycles. The zero-order valence-corrected chi connectivity index (χ0v) is 16.3. The fraction of sp³-hybridized carbons (Fsp3) is 0.250. The lowest BCUT2D eigenvalue weighted by Gasteiger charge is -2.26. The quantitative estimate of drug-likeness (QED) is 0.576. The molecule has 7 nitrogen and oxygen atoms in total. The number of phenols is 1. The maximum atomic E-state index is 12.4. The third kappa shape index (κ3) is 3.69. The summed E-state index contributed by atoms with van der Waals surface area (Å²) in [5, 5.41) is 17.0. The molecule has 0 aliphatic carbocycles. The number of anilines is 2. The number of nitrogens with zero attached hydrogens (tertiary/aromatic N) is 3. The summed E-state index contributed by atoms with van der Waals surface area (Å²) in [6.07, 6.45) is 5.77. The lowest BCUT2D eigenvalue weighted by atomic mass is 10.0. The van der Waals surface area contributed by atoms with Crippen molar-refractivity contribution >= 4 is 39.0 Å². The monoisotopic (exact) mass is 395 g/mol. The van der Waals surface area contributed by atoms with Gasteiger partial charge in [0.1, 0.15) is 22.7 Å². The largest absolute Gasteiger partial charge is 0.508 e. The van der Waals surface area contributed by atoms with Gasteiger partial charge in [-0.3, -0.25) is 4.79 Å². The summed E-state index contributed by atoms with van der Waals surface area (Å²) in [6.45, 7) is 1.93. The minimum Gasteiger partial charge on any atom is -0.508 e. The van der Waals surface area contributed by atoms with E-state index in [0.29, 0.717) is 19.6 Å². The molecule has 0 bridgehead atoms. The van der Waals surface area contributed by atoms with Crippen LogP contribution in [0.25, 0.3) is 10.2 Å². The van der Waals surface area contributed by atoms with Gasteiger partial charge in [-0.05, 0) is 31.2 Å². The van der Waals surface area contributed by atoms with Gasteiger partial charge < -0.3 is 20.6 Å². The molecule has 28 heavy (non-hydrogen) atoms. The number of thiophene rings is 1. The number of fused-ring (bicyclic) bond motifs is 3. The second-order valence-electron chi connectivity index (χ2n) is 6.55. The van der Waals surface area contributed by atoms with Crippen LogP contribution in [-0.2, 0) is 17.8 Å². The van der Waals surface area contributed by atoms with Gasteiger partial charge in [-0.1, -0.05) is 12.1 Å². The first-order valence-electron chi connectivity index (χ1n) is 9.07. The second kappa shape index (κ2) is 7.95. The van der Waals surface area contributed by atoms with Gasteiger partial charge >= 0.3 is 0 Å². The molecule has 0 fully saturated rings. The van der Waals surface area contributed by atoms with Crippen LogP contribution in [0.5, 0.6) is 5.75 Å². The summed E-state index contributed by atoms with van der Waals surface area (Å²) in [7, 11) is 1.85. The molecule has 1 amide bonds. The van der Waals surface area contributed by atoms with Gasteiger partial charge in [-0.25, -0.2) is 9.97 Å². The molecule has 1 aliphatic heterocycles. The number of nitrogens with one attached hydrogen (secondary N) is 2. The van der Waals surface area contributed by atoms with Crippen molar-refractivity contribution in [3.8, 4) is 5.75 Å². The van der Waals surface area contributed by atoms with Crippen molar-refractivity contribution in [1.82, 2.24) is 20.2 Å². The van der Waals surface area contributed by atoms with E-state index >= 15 is 0 Å². The van der Waals surface area contributed by atoms with Crippen molar-refractivity contribution in [2.24, 2.45) is 0 Å². The van der Waals surface area contributed by atoms with E-state index in [1.54, 1.807) is 41.9 Å². The molecule has 0 spiro atoms. The normalized spacial score (nSPS) is 13.8. The van der Waals surface area contributed by atoms with Gasteiger partial charge in [0.05, 0.1) is 11.9 Å². The van der Waals surface area contributed by atoms with Crippen LogP contribution >= 0.6 is 11.3 Å². The molecule has 3 aromatic rings. The predicted octanol–water partition coefficient (Wildman–Crippen LogP) is 2.80. The van der Waals surface area contributed by atoms with Crippen molar-refractivity contribution in [2.75, 3.05) is 25.5 Å². The molecule has 0 saturated heterocycles. The fourth-order valence-electron chi connectivity index (χ4n) is 3.31. The first-order valence-corrected chi connectivity index (χ1v) is 9.88. The highest BCUT2D eigenvalue weighted by atomic mass is 32.1. The van der Waals surface area contributed by atoms with E-state index in [1.807, 2.05) is 24.1 Å². The van der Waals surface area contributed by atoms with Crippen molar-refractivity contribution in [2.45, 2.75) is 13.0 Å². The lowest BCUT2D eigenvalue weighted by molar-refractivity contribution is -0.126. The van der Waals surface area contributed by atoms with Crippen LogP contribution in [-0.4, -0.2) is 46.0 Å². The number of carbonyl (C=O) groups is 1. The molecule has 0 radical (unpaired) electrons. The highest BCUT2D eigenvalue weighted by Gasteiger charge is 2.25. The Balaban J connectivity index is 1.62. The number of phenolic OH excluding ortho intramolecular Hbond substituents is 1.